The fourth-order valence-electron chi connectivity index (χ4n) is 2.61. The van der Waals surface area contributed by atoms with Gasteiger partial charge in [0.2, 0.25) is 5.95 Å². The summed E-state index contributed by atoms with van der Waals surface area (Å²) in [6.45, 7) is 2.72. The van der Waals surface area contributed by atoms with Gasteiger partial charge < -0.3 is 20.1 Å². The number of rotatable bonds is 8. The quantitative estimate of drug-likeness (QED) is 0.631. The lowest BCUT2D eigenvalue weighted by Gasteiger charge is -2.12. The lowest BCUT2D eigenvalue weighted by atomic mass is 10.1. The summed E-state index contributed by atoms with van der Waals surface area (Å²) in [5.41, 5.74) is 3.16. The number of aryl methyl sites for hydroxylation is 1. The van der Waals surface area contributed by atoms with Crippen LogP contribution in [-0.4, -0.2) is 35.9 Å². The summed E-state index contributed by atoms with van der Waals surface area (Å²) in [4.78, 5) is 4.46. The van der Waals surface area contributed by atoms with E-state index in [1.54, 1.807) is 20.4 Å². The smallest absolute Gasteiger partial charge is 0.244 e. The van der Waals surface area contributed by atoms with Gasteiger partial charge in [-0.2, -0.15) is 10.1 Å². The number of methoxy groups -OCH3 is 2. The van der Waals surface area contributed by atoms with Gasteiger partial charge in [-0.05, 0) is 48.7 Å². The van der Waals surface area contributed by atoms with E-state index in [1.807, 2.05) is 49.4 Å². The van der Waals surface area contributed by atoms with Gasteiger partial charge in [-0.25, -0.2) is 0 Å². The van der Waals surface area contributed by atoms with Gasteiger partial charge in [0.1, 0.15) is 11.5 Å². The normalized spacial score (nSPS) is 10.3. The molecule has 0 atom stereocenters. The number of benzene rings is 2. The predicted molar refractivity (Wildman–Crippen MR) is 106 cm³/mol. The maximum atomic E-state index is 5.38. The second-order valence-electron chi connectivity index (χ2n) is 6.02. The highest BCUT2D eigenvalue weighted by molar-refractivity contribution is 5.65. The van der Waals surface area contributed by atoms with Gasteiger partial charge in [0.15, 0.2) is 5.82 Å². The van der Waals surface area contributed by atoms with Crippen molar-refractivity contribution in [1.29, 1.82) is 0 Å². The van der Waals surface area contributed by atoms with Crippen molar-refractivity contribution in [3.63, 3.8) is 0 Å². The van der Waals surface area contributed by atoms with Gasteiger partial charge in [-0.3, -0.25) is 0 Å². The Morgan fingerprint density at radius 1 is 1.00 bits per heavy atom. The summed E-state index contributed by atoms with van der Waals surface area (Å²) in [5.74, 6) is 2.67. The largest absolute Gasteiger partial charge is 0.497 e. The Kier molecular flexibility index (Phi) is 6.04. The van der Waals surface area contributed by atoms with Crippen LogP contribution in [0.25, 0.3) is 0 Å². The van der Waals surface area contributed by atoms with E-state index in [9.17, 15) is 0 Å². The van der Waals surface area contributed by atoms with E-state index in [1.165, 1.54) is 5.56 Å². The topological polar surface area (TPSA) is 81.2 Å². The minimum absolute atomic E-state index is 0.472. The molecule has 0 aliphatic heterocycles. The fraction of sp³-hybridized carbons (Fsp3) is 0.250. The zero-order valence-electron chi connectivity index (χ0n) is 15.7. The molecule has 1 aromatic heterocycles. The molecule has 0 fully saturated rings. The molecular formula is C20H23N5O2. The summed E-state index contributed by atoms with van der Waals surface area (Å²) < 4.78 is 10.6. The van der Waals surface area contributed by atoms with Crippen molar-refractivity contribution in [3.8, 4) is 11.5 Å². The van der Waals surface area contributed by atoms with Crippen LogP contribution >= 0.6 is 0 Å². The van der Waals surface area contributed by atoms with Crippen molar-refractivity contribution in [3.05, 3.63) is 59.8 Å². The van der Waals surface area contributed by atoms with Crippen molar-refractivity contribution in [1.82, 2.24) is 15.2 Å². The Hall–Kier alpha value is -3.35. The van der Waals surface area contributed by atoms with Crippen molar-refractivity contribution in [2.45, 2.75) is 13.3 Å². The third-order valence-corrected chi connectivity index (χ3v) is 4.03. The minimum atomic E-state index is 0.472. The van der Waals surface area contributed by atoms with E-state index < -0.39 is 0 Å². The van der Waals surface area contributed by atoms with Crippen LogP contribution in [0.5, 0.6) is 11.5 Å². The van der Waals surface area contributed by atoms with Crippen molar-refractivity contribution >= 4 is 17.5 Å². The van der Waals surface area contributed by atoms with Crippen LogP contribution in [0.1, 0.15) is 11.1 Å². The Balaban J connectivity index is 1.61. The highest BCUT2D eigenvalue weighted by atomic mass is 16.5. The molecule has 3 rings (SSSR count). The van der Waals surface area contributed by atoms with Crippen LogP contribution in [0.3, 0.4) is 0 Å². The summed E-state index contributed by atoms with van der Waals surface area (Å²) in [5, 5.41) is 14.5. The molecule has 27 heavy (non-hydrogen) atoms. The van der Waals surface area contributed by atoms with Crippen LogP contribution in [0, 0.1) is 6.92 Å². The molecular weight excluding hydrogens is 342 g/mol. The van der Waals surface area contributed by atoms with Crippen LogP contribution in [0.15, 0.2) is 48.7 Å². The van der Waals surface area contributed by atoms with Crippen molar-refractivity contribution in [2.75, 3.05) is 31.4 Å². The molecule has 0 saturated carbocycles. The van der Waals surface area contributed by atoms with Crippen LogP contribution in [0.2, 0.25) is 0 Å². The van der Waals surface area contributed by atoms with Gasteiger partial charge in [-0.15, -0.1) is 5.10 Å². The molecule has 0 aliphatic carbocycles. The summed E-state index contributed by atoms with van der Waals surface area (Å²) in [7, 11) is 3.30. The number of hydrogen-bond donors (Lipinski definition) is 2. The van der Waals surface area contributed by atoms with Gasteiger partial charge in [0.25, 0.3) is 0 Å². The number of anilines is 3. The number of nitrogens with one attached hydrogen (secondary N) is 2. The highest BCUT2D eigenvalue weighted by Crippen LogP contribution is 2.27. The Morgan fingerprint density at radius 2 is 1.81 bits per heavy atom. The van der Waals surface area contributed by atoms with Crippen LogP contribution < -0.4 is 20.1 Å². The van der Waals surface area contributed by atoms with Gasteiger partial charge in [0.05, 0.1) is 26.1 Å². The van der Waals surface area contributed by atoms with E-state index in [4.69, 9.17) is 9.47 Å². The molecule has 0 bridgehead atoms. The predicted octanol–water partition coefficient (Wildman–Crippen LogP) is 3.60. The maximum Gasteiger partial charge on any atom is 0.244 e. The fourth-order valence-corrected chi connectivity index (χ4v) is 2.61. The van der Waals surface area contributed by atoms with Gasteiger partial charge in [0, 0.05) is 6.54 Å². The molecule has 7 heteroatoms. The molecule has 140 valence electrons. The first-order valence-electron chi connectivity index (χ1n) is 8.66. The number of ether oxygens (including phenoxy) is 2. The Bertz CT molecular complexity index is 884. The molecule has 2 aromatic carbocycles. The third kappa shape index (κ3) is 5.07. The second-order valence-corrected chi connectivity index (χ2v) is 6.02. The Morgan fingerprint density at radius 3 is 2.56 bits per heavy atom. The molecule has 7 nitrogen and oxygen atoms in total. The van der Waals surface area contributed by atoms with E-state index >= 15 is 0 Å². The number of hydrogen-bond acceptors (Lipinski definition) is 7. The SMILES string of the molecule is COc1ccc(CCNc2nncc(Nc3cc(C)ccc3OC)n2)cc1. The Labute approximate surface area is 158 Å². The third-order valence-electron chi connectivity index (χ3n) is 4.03. The highest BCUT2D eigenvalue weighted by Gasteiger charge is 2.06. The zero-order valence-corrected chi connectivity index (χ0v) is 15.7. The molecule has 0 amide bonds. The maximum absolute atomic E-state index is 5.38. The molecule has 3 aromatic rings. The first-order chi connectivity index (χ1) is 13.2. The van der Waals surface area contributed by atoms with Gasteiger partial charge in [-0.1, -0.05) is 18.2 Å². The molecule has 0 saturated heterocycles. The molecule has 0 radical (unpaired) electrons. The average molecular weight is 365 g/mol. The summed E-state index contributed by atoms with van der Waals surface area (Å²) in [6, 6.07) is 13.9. The lowest BCUT2D eigenvalue weighted by molar-refractivity contribution is 0.414. The number of aromatic nitrogens is 3. The first kappa shape index (κ1) is 18.4. The van der Waals surface area contributed by atoms with E-state index in [2.05, 4.69) is 25.8 Å². The van der Waals surface area contributed by atoms with E-state index in [-0.39, 0.29) is 0 Å². The lowest BCUT2D eigenvalue weighted by Crippen LogP contribution is -2.10. The second kappa shape index (κ2) is 8.84. The molecule has 2 N–H and O–H groups in total. The minimum Gasteiger partial charge on any atom is -0.497 e. The standard InChI is InChI=1S/C20H23N5O2/c1-14-4-9-18(27-3)17(12-14)23-19-13-22-25-20(24-19)21-11-10-15-5-7-16(26-2)8-6-15/h4-9,12-13H,10-11H2,1-3H3,(H2,21,23,24,25). The molecule has 0 spiro atoms. The average Bonchev–Trinajstić information content (AvgIpc) is 2.69. The number of nitrogens with zero attached hydrogens (tertiary/aromatic N) is 3. The summed E-state index contributed by atoms with van der Waals surface area (Å²) in [6.07, 6.45) is 2.42. The molecule has 1 heterocycles. The first-order valence-corrected chi connectivity index (χ1v) is 8.66. The van der Waals surface area contributed by atoms with Crippen molar-refractivity contribution < 1.29 is 9.47 Å². The van der Waals surface area contributed by atoms with E-state index in [0.717, 1.165) is 29.2 Å². The van der Waals surface area contributed by atoms with Gasteiger partial charge >= 0.3 is 0 Å². The zero-order chi connectivity index (χ0) is 19.1. The van der Waals surface area contributed by atoms with E-state index in [0.29, 0.717) is 18.3 Å². The summed E-state index contributed by atoms with van der Waals surface area (Å²) >= 11 is 0. The van der Waals surface area contributed by atoms with Crippen LogP contribution in [-0.2, 0) is 6.42 Å². The molecule has 0 unspecified atom stereocenters. The molecule has 0 aliphatic rings. The van der Waals surface area contributed by atoms with Crippen molar-refractivity contribution in [2.24, 2.45) is 0 Å². The van der Waals surface area contributed by atoms with Crippen LogP contribution in [0.4, 0.5) is 17.5 Å². The monoisotopic (exact) mass is 365 g/mol.